The molecule has 4 unspecified atom stereocenters. The van der Waals surface area contributed by atoms with E-state index in [1.165, 1.54) is 18.7 Å². The molecule has 0 radical (unpaired) electrons. The molecule has 0 spiro atoms. The summed E-state index contributed by atoms with van der Waals surface area (Å²) in [6, 6.07) is -1.00. The van der Waals surface area contributed by atoms with Crippen molar-refractivity contribution in [2.24, 2.45) is 17.6 Å². The number of aliphatic hydroxyl groups excluding tert-OH is 2. The highest BCUT2D eigenvalue weighted by atomic mass is 32.2. The maximum Gasteiger partial charge on any atom is 0.305 e. The van der Waals surface area contributed by atoms with Crippen LogP contribution >= 0.6 is 11.8 Å². The summed E-state index contributed by atoms with van der Waals surface area (Å²) < 4.78 is 20.9. The van der Waals surface area contributed by atoms with E-state index in [1.807, 2.05) is 0 Å². The lowest BCUT2D eigenvalue weighted by Crippen LogP contribution is -2.37. The summed E-state index contributed by atoms with van der Waals surface area (Å²) in [7, 11) is 0. The summed E-state index contributed by atoms with van der Waals surface area (Å²) in [5.74, 6) is -4.76. The number of esters is 2. The molecule has 4 atom stereocenters. The Hall–Kier alpha value is -3.09. The van der Waals surface area contributed by atoms with Gasteiger partial charge < -0.3 is 45.0 Å². The third-order valence-corrected chi connectivity index (χ3v) is 8.56. The molecule has 0 aliphatic rings. The van der Waals surface area contributed by atoms with Crippen LogP contribution in [-0.2, 0) is 57.3 Å². The predicted octanol–water partition coefficient (Wildman–Crippen LogP) is 6.65. The molecule has 17 heteroatoms. The molecular weight excluding hydrogens is 813 g/mol. The van der Waals surface area contributed by atoms with Gasteiger partial charge in [0.05, 0.1) is 32.5 Å². The van der Waals surface area contributed by atoms with Crippen LogP contribution in [0.2, 0.25) is 0 Å². The van der Waals surface area contributed by atoms with E-state index in [0.717, 1.165) is 0 Å². The van der Waals surface area contributed by atoms with Crippen molar-refractivity contribution in [1.29, 1.82) is 0 Å². The van der Waals surface area contributed by atoms with E-state index in [0.29, 0.717) is 0 Å². The van der Waals surface area contributed by atoms with Crippen molar-refractivity contribution in [2.75, 3.05) is 64.3 Å². The van der Waals surface area contributed by atoms with E-state index in [2.05, 4.69) is 5.32 Å². The fraction of sp³-hybridized carbons (Fsp3) is 0.818. The number of nitrogens with one attached hydrogen (secondary N) is 1. The average molecular weight is 909 g/mol. The quantitative estimate of drug-likeness (QED) is 0.0397. The van der Waals surface area contributed by atoms with Crippen molar-refractivity contribution in [2.45, 2.75) is 165 Å². The van der Waals surface area contributed by atoms with Crippen molar-refractivity contribution in [3.05, 3.63) is 0 Å². The van der Waals surface area contributed by atoms with Crippen LogP contribution < -0.4 is 11.1 Å². The number of nitrogens with two attached hydrogens (primary N) is 1. The Morgan fingerprint density at radius 3 is 1.70 bits per heavy atom. The van der Waals surface area contributed by atoms with Crippen LogP contribution in [-0.4, -0.2) is 133 Å². The smallest absolute Gasteiger partial charge is 0.305 e. The summed E-state index contributed by atoms with van der Waals surface area (Å²) in [6.07, 6.45) is -0.397. The molecule has 0 aromatic heterocycles. The zero-order chi connectivity index (χ0) is 38.6. The van der Waals surface area contributed by atoms with Gasteiger partial charge in [-0.1, -0.05) is 88.1 Å². The van der Waals surface area contributed by atoms with E-state index < -0.39 is 72.4 Å². The lowest BCUT2D eigenvalue weighted by Gasteiger charge is -2.20. The average Bonchev–Trinajstić information content (AvgIpc) is 3.11. The molecule has 372 valence electrons. The molecule has 0 aromatic carbocycles. The van der Waals surface area contributed by atoms with E-state index in [-0.39, 0.29) is 195 Å². The van der Waals surface area contributed by atoms with E-state index in [4.69, 9.17) is 24.7 Å². The predicted molar refractivity (Wildman–Crippen MR) is 253 cm³/mol. The molecule has 0 aliphatic heterocycles. The highest BCUT2D eigenvalue weighted by Gasteiger charge is 2.29. The summed E-state index contributed by atoms with van der Waals surface area (Å²) in [5.41, 5.74) is 6.01. The van der Waals surface area contributed by atoms with Crippen molar-refractivity contribution in [3.8, 4) is 0 Å². The van der Waals surface area contributed by atoms with Crippen LogP contribution in [0.5, 0.6) is 0 Å². The molecule has 1 amide bonds. The van der Waals surface area contributed by atoms with Crippen molar-refractivity contribution >= 4 is 58.5 Å². The van der Waals surface area contributed by atoms with Crippen LogP contribution in [0.3, 0.4) is 0 Å². The topological polar surface area (TPSA) is 252 Å². The Labute approximate surface area is 377 Å². The first kappa shape index (κ1) is 85.2. The van der Waals surface area contributed by atoms with Crippen molar-refractivity contribution < 1.29 is 67.5 Å². The first-order valence-electron chi connectivity index (χ1n) is 17.2. The van der Waals surface area contributed by atoms with Gasteiger partial charge in [0.25, 0.3) is 0 Å². The second-order valence-corrected chi connectivity index (χ2v) is 12.9. The second kappa shape index (κ2) is 53.0. The number of amides is 1. The minimum atomic E-state index is -1.12. The summed E-state index contributed by atoms with van der Waals surface area (Å²) in [6.45, 7) is 3.67. The highest BCUT2D eigenvalue weighted by molar-refractivity contribution is 7.99. The molecule has 0 aromatic rings. The van der Waals surface area contributed by atoms with Gasteiger partial charge in [-0.25, -0.2) is 0 Å². The minimum Gasteiger partial charge on any atom is -0.462 e. The molecule has 0 rings (SSSR count). The molecule has 0 heterocycles. The van der Waals surface area contributed by atoms with E-state index in [9.17, 15) is 48.6 Å². The molecule has 0 saturated carbocycles. The fourth-order valence-corrected chi connectivity index (χ4v) is 5.22. The summed E-state index contributed by atoms with van der Waals surface area (Å²) in [4.78, 5) is 95.8. The molecule has 16 nitrogen and oxygen atoms in total. The number of thioether (sulfide) groups is 1. The van der Waals surface area contributed by atoms with Gasteiger partial charge in [-0.3, -0.25) is 33.6 Å². The molecule has 61 heavy (non-hydrogen) atoms. The van der Waals surface area contributed by atoms with Gasteiger partial charge in [0, 0.05) is 87.9 Å². The summed E-state index contributed by atoms with van der Waals surface area (Å²) in [5, 5.41) is 22.1. The van der Waals surface area contributed by atoms with E-state index >= 15 is 0 Å². The first-order valence-corrected chi connectivity index (χ1v) is 18.3. The number of hydrogen-bond donors (Lipinski definition) is 4. The maximum absolute atomic E-state index is 12.9. The lowest BCUT2D eigenvalue weighted by molar-refractivity contribution is -0.157. The van der Waals surface area contributed by atoms with Crippen LogP contribution in [0, 0.1) is 11.8 Å². The van der Waals surface area contributed by atoms with Crippen LogP contribution in [0.4, 0.5) is 0 Å². The third-order valence-electron chi connectivity index (χ3n) is 7.36. The Bertz CT molecular complexity index is 1120. The molecule has 5 N–H and O–H groups in total. The Balaban J connectivity index is -0.000000278. The van der Waals surface area contributed by atoms with Gasteiger partial charge in [0.15, 0.2) is 5.78 Å². The number of ether oxygens (including phenoxy) is 4. The van der Waals surface area contributed by atoms with Gasteiger partial charge in [-0.15, -0.1) is 0 Å². The minimum absolute atomic E-state index is 0. The molecule has 0 aliphatic carbocycles. The lowest BCUT2D eigenvalue weighted by atomic mass is 9.88. The summed E-state index contributed by atoms with van der Waals surface area (Å²) >= 11 is 1.20. The molecular formula is C44H96N2O14S. The number of rotatable bonds is 33. The van der Waals surface area contributed by atoms with Gasteiger partial charge in [0.1, 0.15) is 42.5 Å². The molecule has 0 saturated heterocycles. The Morgan fingerprint density at radius 1 is 0.639 bits per heavy atom. The Kier molecular flexibility index (Phi) is 74.1. The normalized spacial score (nSPS) is 11.2. The number of Topliss-reactive ketones (excluding diaryl/α,β-unsaturated/α-hetero) is 5. The van der Waals surface area contributed by atoms with Crippen molar-refractivity contribution in [1.82, 2.24) is 5.32 Å². The van der Waals surface area contributed by atoms with Gasteiger partial charge in [-0.2, -0.15) is 11.8 Å². The zero-order valence-corrected chi connectivity index (χ0v) is 30.8. The monoisotopic (exact) mass is 909 g/mol. The number of carbonyl (C=O) groups excluding carboxylic acids is 8. The second-order valence-electron chi connectivity index (χ2n) is 11.8. The molecule has 0 fully saturated rings. The number of hydrogen-bond acceptors (Lipinski definition) is 16. The van der Waals surface area contributed by atoms with Gasteiger partial charge >= 0.3 is 11.9 Å². The highest BCUT2D eigenvalue weighted by Crippen LogP contribution is 2.17. The number of ketones is 5. The first-order chi connectivity index (χ1) is 24.3. The maximum atomic E-state index is 12.9. The van der Waals surface area contributed by atoms with Crippen LogP contribution in [0.15, 0.2) is 0 Å². The largest absolute Gasteiger partial charge is 0.462 e. The Morgan fingerprint density at radius 2 is 1.18 bits per heavy atom. The van der Waals surface area contributed by atoms with Crippen LogP contribution in [0.25, 0.3) is 0 Å². The van der Waals surface area contributed by atoms with Gasteiger partial charge in [-0.05, 0) is 13.3 Å². The third kappa shape index (κ3) is 44.8. The van der Waals surface area contributed by atoms with E-state index in [1.54, 1.807) is 13.8 Å². The van der Waals surface area contributed by atoms with Crippen LogP contribution in [0.1, 0.15) is 153 Å². The fourth-order valence-electron chi connectivity index (χ4n) is 4.22. The van der Waals surface area contributed by atoms with Crippen molar-refractivity contribution in [3.63, 3.8) is 0 Å². The SMILES string of the molecule is C.C.C.C.C.C.C.C.C.C.CCC(=O)OCC(CSCC(N)C(=O)CC(CO)C(=O)CC(CO)C(=O)CCCOCC(=O)NCCOCCC(=O)CCC(C)=O)OC(=O)CC. The zero-order valence-electron chi connectivity index (χ0n) is 30.0. The molecule has 0 bridgehead atoms. The van der Waals surface area contributed by atoms with Gasteiger partial charge in [0.2, 0.25) is 5.91 Å². The number of aliphatic hydroxyl groups is 2. The number of carbonyl (C=O) groups is 8. The standard InChI is InChI=1S/C34H56N2O14S.10CH4/c1-4-33(45)49-19-27(50-34(46)5-2)21-51-22-28(35)31(43)16-25(18-38)30(42)15-24(17-37)29(41)7-6-12-48-20-32(44)36-11-14-47-13-10-26(40)9-8-23(3)39;;;;;;;;;;/h24-25,27-28,37-38H,4-22,35H2,1-3H3,(H,36,44);10*1H4.